The highest BCUT2D eigenvalue weighted by Crippen LogP contribution is 2.44. The summed E-state index contributed by atoms with van der Waals surface area (Å²) in [4.78, 5) is 39.9. The van der Waals surface area contributed by atoms with Gasteiger partial charge in [0.2, 0.25) is 17.7 Å². The molecule has 0 radical (unpaired) electrons. The number of likely N-dealkylation sites (tertiary alicyclic amines) is 1. The molecule has 5 rings (SSSR count). The number of hydrogen-bond acceptors (Lipinski definition) is 3. The molecule has 5 heteroatoms. The van der Waals surface area contributed by atoms with E-state index in [0.29, 0.717) is 18.5 Å². The molecule has 0 bridgehead atoms. The molecule has 0 spiro atoms. The molecule has 0 aromatic heterocycles. The quantitative estimate of drug-likeness (QED) is 0.648. The number of hydrogen-bond donors (Lipinski definition) is 1. The van der Waals surface area contributed by atoms with E-state index in [2.05, 4.69) is 17.4 Å². The lowest BCUT2D eigenvalue weighted by atomic mass is 9.73. The molecule has 1 heterocycles. The summed E-state index contributed by atoms with van der Waals surface area (Å²) in [6.45, 7) is -0.232. The van der Waals surface area contributed by atoms with E-state index in [-0.39, 0.29) is 42.0 Å². The maximum atomic E-state index is 13.1. The summed E-state index contributed by atoms with van der Waals surface area (Å²) in [5.41, 5.74) is 1.90. The molecule has 1 saturated carbocycles. The van der Waals surface area contributed by atoms with Crippen LogP contribution in [0.2, 0.25) is 0 Å². The average Bonchev–Trinajstić information content (AvgIpc) is 3.04. The summed E-state index contributed by atoms with van der Waals surface area (Å²) < 4.78 is 0. The highest BCUT2D eigenvalue weighted by atomic mass is 16.2. The highest BCUT2D eigenvalue weighted by Gasteiger charge is 2.50. The van der Waals surface area contributed by atoms with Crippen LogP contribution in [-0.2, 0) is 14.4 Å². The van der Waals surface area contributed by atoms with Gasteiger partial charge in [-0.2, -0.15) is 0 Å². The Morgan fingerprint density at radius 1 is 0.839 bits per heavy atom. The number of nitrogens with zero attached hydrogens (tertiary/aromatic N) is 1. The lowest BCUT2D eigenvalue weighted by molar-refractivity contribution is -0.142. The Bertz CT molecular complexity index is 1150. The molecule has 2 fully saturated rings. The van der Waals surface area contributed by atoms with Crippen LogP contribution in [0.25, 0.3) is 10.8 Å². The lowest BCUT2D eigenvalue weighted by Crippen LogP contribution is -2.38. The largest absolute Gasteiger partial charge is 0.324 e. The van der Waals surface area contributed by atoms with Gasteiger partial charge in [-0.15, -0.1) is 0 Å². The van der Waals surface area contributed by atoms with Gasteiger partial charge in [0.25, 0.3) is 0 Å². The number of carbonyl (C=O) groups is 3. The number of rotatable bonds is 4. The molecule has 3 amide bonds. The van der Waals surface area contributed by atoms with Crippen molar-refractivity contribution < 1.29 is 14.4 Å². The minimum Gasteiger partial charge on any atom is -0.324 e. The second-order valence-electron chi connectivity index (χ2n) is 8.47. The van der Waals surface area contributed by atoms with E-state index in [1.54, 1.807) is 0 Å². The predicted octanol–water partition coefficient (Wildman–Crippen LogP) is 4.35. The van der Waals surface area contributed by atoms with Crippen molar-refractivity contribution in [2.75, 3.05) is 11.9 Å². The van der Waals surface area contributed by atoms with E-state index < -0.39 is 0 Å². The van der Waals surface area contributed by atoms with Crippen molar-refractivity contribution in [3.63, 3.8) is 0 Å². The van der Waals surface area contributed by atoms with E-state index in [9.17, 15) is 14.4 Å². The molecule has 1 N–H and O–H groups in total. The van der Waals surface area contributed by atoms with Crippen LogP contribution in [0.4, 0.5) is 5.69 Å². The summed E-state index contributed by atoms with van der Waals surface area (Å²) in [5.74, 6) is -1.09. The number of anilines is 1. The van der Waals surface area contributed by atoms with Crippen LogP contribution < -0.4 is 5.32 Å². The molecule has 3 aromatic rings. The number of amides is 3. The third kappa shape index (κ3) is 3.61. The van der Waals surface area contributed by atoms with Gasteiger partial charge >= 0.3 is 0 Å². The molecule has 3 aromatic carbocycles. The molecule has 1 saturated heterocycles. The van der Waals surface area contributed by atoms with Gasteiger partial charge in [0, 0.05) is 11.1 Å². The first-order valence-electron chi connectivity index (χ1n) is 10.8. The van der Waals surface area contributed by atoms with E-state index in [1.165, 1.54) is 10.5 Å². The van der Waals surface area contributed by atoms with Crippen LogP contribution >= 0.6 is 0 Å². The van der Waals surface area contributed by atoms with Crippen LogP contribution in [0.3, 0.4) is 0 Å². The Morgan fingerprint density at radius 2 is 1.55 bits per heavy atom. The summed E-state index contributed by atoms with van der Waals surface area (Å²) in [5, 5.41) is 4.83. The van der Waals surface area contributed by atoms with E-state index in [1.807, 2.05) is 60.7 Å². The fourth-order valence-electron chi connectivity index (χ4n) is 5.10. The van der Waals surface area contributed by atoms with Crippen molar-refractivity contribution in [3.05, 3.63) is 78.4 Å². The van der Waals surface area contributed by atoms with Crippen molar-refractivity contribution in [1.82, 2.24) is 4.90 Å². The molecule has 5 nitrogen and oxygen atoms in total. The number of imide groups is 1. The smallest absolute Gasteiger partial charge is 0.244 e. The molecule has 1 aliphatic carbocycles. The van der Waals surface area contributed by atoms with Crippen LogP contribution in [0.1, 0.15) is 30.7 Å². The second-order valence-corrected chi connectivity index (χ2v) is 8.47. The molecule has 0 unspecified atom stereocenters. The van der Waals surface area contributed by atoms with Crippen molar-refractivity contribution in [3.8, 4) is 0 Å². The lowest BCUT2D eigenvalue weighted by Gasteiger charge is -2.28. The normalized spacial score (nSPS) is 23.1. The van der Waals surface area contributed by atoms with Gasteiger partial charge in [0.15, 0.2) is 0 Å². The minimum atomic E-state index is -0.351. The summed E-state index contributed by atoms with van der Waals surface area (Å²) in [6.07, 6.45) is 2.25. The first-order chi connectivity index (χ1) is 15.1. The Kier molecular flexibility index (Phi) is 5.02. The zero-order valence-electron chi connectivity index (χ0n) is 17.2. The van der Waals surface area contributed by atoms with E-state index in [4.69, 9.17) is 0 Å². The standard InChI is InChI=1S/C26H24N2O3/c29-24(27-23-12-6-10-18-9-4-5-11-20(18)23)16-28-25(30)21-14-13-19(15-22(21)26(28)31)17-7-2-1-3-8-17/h1-12,19,21-22H,13-16H2,(H,27,29)/t19-,21+,22+/m0/s1. The number of fused-ring (bicyclic) bond motifs is 2. The van der Waals surface area contributed by atoms with Crippen molar-refractivity contribution in [1.29, 1.82) is 0 Å². The zero-order valence-corrected chi connectivity index (χ0v) is 17.2. The van der Waals surface area contributed by atoms with Gasteiger partial charge in [-0.1, -0.05) is 66.7 Å². The Morgan fingerprint density at radius 3 is 2.39 bits per heavy atom. The van der Waals surface area contributed by atoms with Gasteiger partial charge in [-0.25, -0.2) is 0 Å². The van der Waals surface area contributed by atoms with Crippen LogP contribution in [0.5, 0.6) is 0 Å². The maximum Gasteiger partial charge on any atom is 0.244 e. The molecular weight excluding hydrogens is 388 g/mol. The van der Waals surface area contributed by atoms with Crippen LogP contribution in [0, 0.1) is 11.8 Å². The first-order valence-corrected chi connectivity index (χ1v) is 10.8. The predicted molar refractivity (Wildman–Crippen MR) is 119 cm³/mol. The Labute approximate surface area is 181 Å². The average molecular weight is 412 g/mol. The van der Waals surface area contributed by atoms with Gasteiger partial charge in [0.05, 0.1) is 11.8 Å². The third-order valence-electron chi connectivity index (χ3n) is 6.65. The van der Waals surface area contributed by atoms with Gasteiger partial charge in [-0.3, -0.25) is 19.3 Å². The SMILES string of the molecule is O=C(CN1C(=O)[C@@H]2CC[C@H](c3ccccc3)C[C@H]2C1=O)Nc1cccc2ccccc12. The molecule has 156 valence electrons. The van der Waals surface area contributed by atoms with Gasteiger partial charge in [0.1, 0.15) is 6.54 Å². The van der Waals surface area contributed by atoms with Crippen molar-refractivity contribution in [2.45, 2.75) is 25.2 Å². The maximum absolute atomic E-state index is 13.1. The Balaban J connectivity index is 1.29. The number of benzene rings is 3. The topological polar surface area (TPSA) is 66.5 Å². The van der Waals surface area contributed by atoms with Gasteiger partial charge < -0.3 is 5.32 Å². The van der Waals surface area contributed by atoms with Crippen LogP contribution in [0.15, 0.2) is 72.8 Å². The minimum absolute atomic E-state index is 0.199. The molecule has 2 aliphatic rings. The number of carbonyl (C=O) groups excluding carboxylic acids is 3. The monoisotopic (exact) mass is 412 g/mol. The van der Waals surface area contributed by atoms with E-state index >= 15 is 0 Å². The fraction of sp³-hybridized carbons (Fsp3) is 0.269. The van der Waals surface area contributed by atoms with Crippen molar-refractivity contribution in [2.24, 2.45) is 11.8 Å². The first kappa shape index (κ1) is 19.5. The molecular formula is C26H24N2O3. The number of nitrogens with one attached hydrogen (secondary N) is 1. The molecule has 1 aliphatic heterocycles. The second kappa shape index (κ2) is 7.99. The summed E-state index contributed by atoms with van der Waals surface area (Å²) >= 11 is 0. The third-order valence-corrected chi connectivity index (χ3v) is 6.65. The highest BCUT2D eigenvalue weighted by molar-refractivity contribution is 6.10. The summed E-state index contributed by atoms with van der Waals surface area (Å²) in [7, 11) is 0. The fourth-order valence-corrected chi connectivity index (χ4v) is 5.10. The van der Waals surface area contributed by atoms with Gasteiger partial charge in [-0.05, 0) is 42.2 Å². The zero-order chi connectivity index (χ0) is 21.4. The van der Waals surface area contributed by atoms with Crippen molar-refractivity contribution >= 4 is 34.2 Å². The Hall–Kier alpha value is -3.47. The van der Waals surface area contributed by atoms with Crippen LogP contribution in [-0.4, -0.2) is 29.2 Å². The molecule has 3 atom stereocenters. The summed E-state index contributed by atoms with van der Waals surface area (Å²) in [6, 6.07) is 23.6. The van der Waals surface area contributed by atoms with E-state index in [0.717, 1.165) is 17.2 Å². The molecule has 31 heavy (non-hydrogen) atoms.